The Kier molecular flexibility index (Phi) is 3.76. The van der Waals surface area contributed by atoms with E-state index in [9.17, 15) is 0 Å². The highest BCUT2D eigenvalue weighted by Crippen LogP contribution is 2.23. The summed E-state index contributed by atoms with van der Waals surface area (Å²) in [5.41, 5.74) is 14.1. The van der Waals surface area contributed by atoms with E-state index in [2.05, 4.69) is 47.0 Å². The van der Waals surface area contributed by atoms with Crippen molar-refractivity contribution in [2.45, 2.75) is 26.7 Å². The number of benzene rings is 1. The van der Waals surface area contributed by atoms with Crippen LogP contribution in [0.3, 0.4) is 0 Å². The van der Waals surface area contributed by atoms with Crippen LogP contribution in [0.1, 0.15) is 31.0 Å². The summed E-state index contributed by atoms with van der Waals surface area (Å²) in [7, 11) is 0. The Morgan fingerprint density at radius 1 is 1.32 bits per heavy atom. The van der Waals surface area contributed by atoms with Gasteiger partial charge in [0.15, 0.2) is 0 Å². The molecule has 0 bridgehead atoms. The third-order valence-corrected chi connectivity index (χ3v) is 3.02. The number of nitrogens with two attached hydrogens (primary N) is 2. The molecule has 0 amide bonds. The van der Waals surface area contributed by atoms with Gasteiger partial charge in [-0.3, -0.25) is 0 Å². The predicted molar refractivity (Wildman–Crippen MR) is 78.7 cm³/mol. The monoisotopic (exact) mass is 257 g/mol. The molecule has 0 atom stereocenters. The Hall–Kier alpha value is -2.01. The predicted octanol–water partition coefficient (Wildman–Crippen LogP) is 2.01. The normalized spacial score (nSPS) is 12.4. The smallest absolute Gasteiger partial charge is 0.251 e. The minimum atomic E-state index is 0.201. The van der Waals surface area contributed by atoms with Crippen LogP contribution in [0.2, 0.25) is 0 Å². The molecule has 0 aliphatic carbocycles. The number of aliphatic imine (C=N–C) groups is 1. The van der Waals surface area contributed by atoms with Crippen molar-refractivity contribution in [3.05, 3.63) is 29.5 Å². The number of amidine groups is 1. The molecule has 0 saturated heterocycles. The van der Waals surface area contributed by atoms with E-state index in [4.69, 9.17) is 11.5 Å². The lowest BCUT2D eigenvalue weighted by atomic mass is 10.0. The van der Waals surface area contributed by atoms with Gasteiger partial charge in [0, 0.05) is 5.39 Å². The molecule has 4 N–H and O–H groups in total. The molecular formula is C14H19N5. The SMILES string of the molecule is Cc1nc(/N=C(\N)CN)nc2cc(C(C)C)ccc12. The molecule has 0 fully saturated rings. The first-order valence-electron chi connectivity index (χ1n) is 6.32. The number of rotatable bonds is 3. The molecule has 1 aromatic heterocycles. The Morgan fingerprint density at radius 2 is 2.05 bits per heavy atom. The van der Waals surface area contributed by atoms with Gasteiger partial charge in [0.1, 0.15) is 5.84 Å². The average Bonchev–Trinajstić information content (AvgIpc) is 2.37. The standard InChI is InChI=1S/C14H19N5/c1-8(2)10-4-5-11-9(3)17-14(18-12(11)6-10)19-13(16)7-15/h4-6,8H,7,15H2,1-3H3,(H2,16,17,18,19). The van der Waals surface area contributed by atoms with Crippen LogP contribution in [-0.4, -0.2) is 22.3 Å². The van der Waals surface area contributed by atoms with Crippen molar-refractivity contribution < 1.29 is 0 Å². The number of aromatic nitrogens is 2. The quantitative estimate of drug-likeness (QED) is 0.650. The van der Waals surface area contributed by atoms with Crippen LogP contribution < -0.4 is 11.5 Å². The molecule has 5 heteroatoms. The molecule has 0 unspecified atom stereocenters. The van der Waals surface area contributed by atoms with E-state index in [0.717, 1.165) is 16.6 Å². The number of nitrogens with zero attached hydrogens (tertiary/aromatic N) is 3. The molecule has 1 heterocycles. The lowest BCUT2D eigenvalue weighted by Crippen LogP contribution is -2.22. The van der Waals surface area contributed by atoms with E-state index < -0.39 is 0 Å². The van der Waals surface area contributed by atoms with Crippen LogP contribution in [0.25, 0.3) is 10.9 Å². The fraction of sp³-hybridized carbons (Fsp3) is 0.357. The Bertz CT molecular complexity index is 631. The maximum Gasteiger partial charge on any atom is 0.251 e. The van der Waals surface area contributed by atoms with E-state index in [-0.39, 0.29) is 6.54 Å². The first kappa shape index (κ1) is 13.4. The lowest BCUT2D eigenvalue weighted by Gasteiger charge is -2.08. The highest BCUT2D eigenvalue weighted by Gasteiger charge is 2.07. The van der Waals surface area contributed by atoms with E-state index in [1.807, 2.05) is 6.92 Å². The van der Waals surface area contributed by atoms with Gasteiger partial charge in [-0.25, -0.2) is 9.97 Å². The number of fused-ring (bicyclic) bond motifs is 1. The fourth-order valence-electron chi connectivity index (χ4n) is 1.87. The molecule has 0 radical (unpaired) electrons. The second kappa shape index (κ2) is 5.32. The van der Waals surface area contributed by atoms with Crippen LogP contribution in [0.5, 0.6) is 0 Å². The van der Waals surface area contributed by atoms with Gasteiger partial charge in [0.2, 0.25) is 0 Å². The fourth-order valence-corrected chi connectivity index (χ4v) is 1.87. The Morgan fingerprint density at radius 3 is 2.68 bits per heavy atom. The third-order valence-electron chi connectivity index (χ3n) is 3.02. The van der Waals surface area contributed by atoms with Crippen LogP contribution in [0, 0.1) is 6.92 Å². The van der Waals surface area contributed by atoms with Crippen LogP contribution in [-0.2, 0) is 0 Å². The summed E-state index contributed by atoms with van der Waals surface area (Å²) < 4.78 is 0. The van der Waals surface area contributed by atoms with Crippen molar-refractivity contribution in [2.75, 3.05) is 6.54 Å². The summed E-state index contributed by atoms with van der Waals surface area (Å²) in [6, 6.07) is 6.24. The highest BCUT2D eigenvalue weighted by molar-refractivity contribution is 5.86. The molecule has 0 saturated carbocycles. The molecular weight excluding hydrogens is 238 g/mol. The van der Waals surface area contributed by atoms with Gasteiger partial charge < -0.3 is 11.5 Å². The second-order valence-electron chi connectivity index (χ2n) is 4.85. The first-order chi connectivity index (χ1) is 9.01. The summed E-state index contributed by atoms with van der Waals surface area (Å²) in [4.78, 5) is 12.9. The van der Waals surface area contributed by atoms with Gasteiger partial charge in [-0.05, 0) is 24.5 Å². The minimum Gasteiger partial charge on any atom is -0.386 e. The first-order valence-corrected chi connectivity index (χ1v) is 6.32. The summed E-state index contributed by atoms with van der Waals surface area (Å²) in [6.45, 7) is 6.45. The van der Waals surface area contributed by atoms with Crippen LogP contribution in [0.15, 0.2) is 23.2 Å². The molecule has 2 aromatic rings. The van der Waals surface area contributed by atoms with Gasteiger partial charge in [-0.15, -0.1) is 0 Å². The van der Waals surface area contributed by atoms with E-state index in [0.29, 0.717) is 17.7 Å². The van der Waals surface area contributed by atoms with E-state index in [1.165, 1.54) is 5.56 Å². The molecule has 19 heavy (non-hydrogen) atoms. The lowest BCUT2D eigenvalue weighted by molar-refractivity contribution is 0.868. The van der Waals surface area contributed by atoms with Crippen molar-refractivity contribution in [1.82, 2.24) is 9.97 Å². The van der Waals surface area contributed by atoms with Gasteiger partial charge in [-0.2, -0.15) is 4.99 Å². The highest BCUT2D eigenvalue weighted by atomic mass is 15.1. The van der Waals surface area contributed by atoms with Crippen molar-refractivity contribution >= 4 is 22.7 Å². The number of hydrogen-bond acceptors (Lipinski definition) is 4. The largest absolute Gasteiger partial charge is 0.386 e. The van der Waals surface area contributed by atoms with Gasteiger partial charge in [0.05, 0.1) is 17.8 Å². The zero-order chi connectivity index (χ0) is 14.0. The topological polar surface area (TPSA) is 90.2 Å². The third kappa shape index (κ3) is 2.88. The van der Waals surface area contributed by atoms with Gasteiger partial charge >= 0.3 is 0 Å². The molecule has 5 nitrogen and oxygen atoms in total. The van der Waals surface area contributed by atoms with Crippen molar-refractivity contribution in [3.63, 3.8) is 0 Å². The van der Waals surface area contributed by atoms with Crippen molar-refractivity contribution in [3.8, 4) is 0 Å². The molecule has 0 aliphatic rings. The Labute approximate surface area is 112 Å². The van der Waals surface area contributed by atoms with Crippen molar-refractivity contribution in [1.29, 1.82) is 0 Å². The summed E-state index contributed by atoms with van der Waals surface area (Å²) in [6.07, 6.45) is 0. The molecule has 1 aromatic carbocycles. The van der Waals surface area contributed by atoms with Crippen molar-refractivity contribution in [2.24, 2.45) is 16.5 Å². The molecule has 0 aliphatic heterocycles. The Balaban J connectivity index is 2.59. The molecule has 0 spiro atoms. The maximum absolute atomic E-state index is 5.62. The van der Waals surface area contributed by atoms with Gasteiger partial charge in [-0.1, -0.05) is 26.0 Å². The summed E-state index contributed by atoms with van der Waals surface area (Å²) in [5, 5.41) is 1.04. The zero-order valence-electron chi connectivity index (χ0n) is 11.5. The molecule has 2 rings (SSSR count). The summed E-state index contributed by atoms with van der Waals surface area (Å²) >= 11 is 0. The maximum atomic E-state index is 5.62. The average molecular weight is 257 g/mol. The second-order valence-corrected chi connectivity index (χ2v) is 4.85. The number of aryl methyl sites for hydroxylation is 1. The number of hydrogen-bond donors (Lipinski definition) is 2. The van der Waals surface area contributed by atoms with E-state index >= 15 is 0 Å². The minimum absolute atomic E-state index is 0.201. The summed E-state index contributed by atoms with van der Waals surface area (Å²) in [5.74, 6) is 1.16. The van der Waals surface area contributed by atoms with Crippen LogP contribution >= 0.6 is 0 Å². The van der Waals surface area contributed by atoms with E-state index in [1.54, 1.807) is 0 Å². The van der Waals surface area contributed by atoms with Gasteiger partial charge in [0.25, 0.3) is 5.95 Å². The van der Waals surface area contributed by atoms with Crippen LogP contribution in [0.4, 0.5) is 5.95 Å². The zero-order valence-corrected chi connectivity index (χ0v) is 11.5. The molecule has 100 valence electrons.